The zero-order valence-electron chi connectivity index (χ0n) is 11.0. The molecule has 0 aromatic carbocycles. The molecule has 1 aromatic heterocycles. The molecule has 1 atom stereocenters. The molecular formula is C11H17NO5S3. The van der Waals surface area contributed by atoms with Gasteiger partial charge in [-0.05, 0) is 6.07 Å². The van der Waals surface area contributed by atoms with E-state index in [0.29, 0.717) is 19.6 Å². The van der Waals surface area contributed by atoms with Crippen molar-refractivity contribution in [3.63, 3.8) is 0 Å². The summed E-state index contributed by atoms with van der Waals surface area (Å²) in [5.74, 6) is 0.779. The van der Waals surface area contributed by atoms with E-state index in [1.165, 1.54) is 11.3 Å². The lowest BCUT2D eigenvalue weighted by atomic mass is 10.2. The lowest BCUT2D eigenvalue weighted by Crippen LogP contribution is -2.23. The Morgan fingerprint density at radius 1 is 1.45 bits per heavy atom. The van der Waals surface area contributed by atoms with Crippen molar-refractivity contribution in [1.29, 1.82) is 0 Å². The number of hydrogen-bond donors (Lipinski definition) is 1. The van der Waals surface area contributed by atoms with Gasteiger partial charge in [0.15, 0.2) is 0 Å². The van der Waals surface area contributed by atoms with Gasteiger partial charge in [0.05, 0.1) is 19.3 Å². The van der Waals surface area contributed by atoms with E-state index in [0.717, 1.165) is 15.5 Å². The fraction of sp³-hybridized carbons (Fsp3) is 0.636. The number of primary sulfonamides is 1. The van der Waals surface area contributed by atoms with E-state index in [1.807, 2.05) is 0 Å². The molecule has 114 valence electrons. The average Bonchev–Trinajstić information content (AvgIpc) is 2.81. The monoisotopic (exact) mass is 339 g/mol. The van der Waals surface area contributed by atoms with Gasteiger partial charge in [0.2, 0.25) is 10.0 Å². The summed E-state index contributed by atoms with van der Waals surface area (Å²) < 4.78 is 38.6. The minimum atomic E-state index is -3.62. The van der Waals surface area contributed by atoms with E-state index in [1.54, 1.807) is 24.9 Å². The number of hydrogen-bond acceptors (Lipinski definition) is 7. The van der Waals surface area contributed by atoms with Crippen LogP contribution in [0.4, 0.5) is 0 Å². The Bertz CT molecular complexity index is 542. The van der Waals surface area contributed by atoms with Crippen molar-refractivity contribution in [3.05, 3.63) is 10.9 Å². The molecule has 0 saturated heterocycles. The summed E-state index contributed by atoms with van der Waals surface area (Å²) in [5, 5.41) is 5.14. The highest BCUT2D eigenvalue weighted by atomic mass is 32.2. The number of thioether (sulfide) groups is 1. The predicted molar refractivity (Wildman–Crippen MR) is 77.7 cm³/mol. The van der Waals surface area contributed by atoms with Gasteiger partial charge in [-0.2, -0.15) is 0 Å². The molecule has 9 heteroatoms. The summed E-state index contributed by atoms with van der Waals surface area (Å²) >= 11 is 2.81. The highest BCUT2D eigenvalue weighted by Crippen LogP contribution is 2.38. The van der Waals surface area contributed by atoms with Gasteiger partial charge in [-0.1, -0.05) is 0 Å². The summed E-state index contributed by atoms with van der Waals surface area (Å²) in [6.07, 6.45) is 0.720. The molecule has 6 nitrogen and oxygen atoms in total. The molecule has 1 aromatic rings. The molecule has 0 bridgehead atoms. The third kappa shape index (κ3) is 4.42. The minimum Gasteiger partial charge on any atom is -0.382 e. The van der Waals surface area contributed by atoms with Crippen LogP contribution >= 0.6 is 23.1 Å². The third-order valence-corrected chi connectivity index (χ3v) is 6.61. The molecule has 0 fully saturated rings. The number of sulfonamides is 1. The van der Waals surface area contributed by atoms with Gasteiger partial charge in [0.25, 0.3) is 0 Å². The second-order valence-electron chi connectivity index (χ2n) is 4.22. The first-order chi connectivity index (χ1) is 9.50. The van der Waals surface area contributed by atoms with Crippen LogP contribution in [0, 0.1) is 0 Å². The predicted octanol–water partition coefficient (Wildman–Crippen LogP) is 1.05. The average molecular weight is 339 g/mol. The van der Waals surface area contributed by atoms with Crippen LogP contribution in [0.2, 0.25) is 0 Å². The molecule has 2 heterocycles. The van der Waals surface area contributed by atoms with Crippen LogP contribution in [0.15, 0.2) is 15.2 Å². The molecule has 20 heavy (non-hydrogen) atoms. The molecule has 0 aliphatic carbocycles. The number of thiophene rings is 1. The van der Waals surface area contributed by atoms with Gasteiger partial charge in [0, 0.05) is 29.1 Å². The van der Waals surface area contributed by atoms with Gasteiger partial charge in [-0.15, -0.1) is 23.1 Å². The zero-order chi connectivity index (χ0) is 14.6. The van der Waals surface area contributed by atoms with Gasteiger partial charge >= 0.3 is 0 Å². The Morgan fingerprint density at radius 2 is 2.25 bits per heavy atom. The molecule has 2 rings (SSSR count). The Labute approximate surface area is 126 Å². The first-order valence-corrected chi connectivity index (χ1v) is 9.32. The van der Waals surface area contributed by atoms with Crippen LogP contribution in [-0.2, 0) is 30.7 Å². The lowest BCUT2D eigenvalue weighted by Gasteiger charge is -2.21. The van der Waals surface area contributed by atoms with Crippen molar-refractivity contribution < 1.29 is 22.6 Å². The highest BCUT2D eigenvalue weighted by Gasteiger charge is 2.25. The molecule has 1 unspecified atom stereocenters. The van der Waals surface area contributed by atoms with Crippen LogP contribution in [-0.4, -0.2) is 47.4 Å². The Morgan fingerprint density at radius 3 is 2.95 bits per heavy atom. The van der Waals surface area contributed by atoms with Crippen LogP contribution in [0.1, 0.15) is 4.88 Å². The lowest BCUT2D eigenvalue weighted by molar-refractivity contribution is -0.0909. The number of rotatable bonds is 7. The molecular weight excluding hydrogens is 322 g/mol. The standard InChI is InChI=1S/C11H17NO5S3/c1-15-2-3-16-7-17-8-4-10-9(18-6-8)5-11(19-10)20(12,13)14/h5,8H,2-4,6-7H2,1H3,(H2,12,13,14). The third-order valence-electron chi connectivity index (χ3n) is 2.68. The number of methoxy groups -OCH3 is 1. The number of nitrogens with two attached hydrogens (primary N) is 1. The van der Waals surface area contributed by atoms with E-state index in [2.05, 4.69) is 0 Å². The molecule has 1 aliphatic rings. The van der Waals surface area contributed by atoms with Gasteiger partial charge < -0.3 is 14.2 Å². The SMILES string of the molecule is COCCOCOC1CSc2cc(S(N)(=O)=O)sc2C1. The van der Waals surface area contributed by atoms with Gasteiger partial charge in [-0.3, -0.25) is 0 Å². The number of fused-ring (bicyclic) bond motifs is 1. The molecule has 0 amide bonds. The van der Waals surface area contributed by atoms with E-state index in [-0.39, 0.29) is 17.1 Å². The molecule has 0 radical (unpaired) electrons. The first kappa shape index (κ1) is 16.2. The van der Waals surface area contributed by atoms with Crippen LogP contribution < -0.4 is 5.14 Å². The molecule has 1 aliphatic heterocycles. The Hall–Kier alpha value is -0.160. The molecule has 0 saturated carbocycles. The summed E-state index contributed by atoms with van der Waals surface area (Å²) in [6, 6.07) is 1.64. The second kappa shape index (κ2) is 7.21. The fourth-order valence-electron chi connectivity index (χ4n) is 1.69. The van der Waals surface area contributed by atoms with Gasteiger partial charge in [-0.25, -0.2) is 13.6 Å². The van der Waals surface area contributed by atoms with Crippen LogP contribution in [0.5, 0.6) is 0 Å². The summed E-state index contributed by atoms with van der Waals surface area (Å²) in [7, 11) is -2.00. The smallest absolute Gasteiger partial charge is 0.247 e. The van der Waals surface area contributed by atoms with E-state index < -0.39 is 10.0 Å². The second-order valence-corrected chi connectivity index (χ2v) is 8.21. The van der Waals surface area contributed by atoms with Crippen molar-refractivity contribution in [2.45, 2.75) is 21.6 Å². The summed E-state index contributed by atoms with van der Waals surface area (Å²) in [5.41, 5.74) is 0. The fourth-order valence-corrected chi connectivity index (χ4v) is 5.07. The minimum absolute atomic E-state index is 0.0297. The van der Waals surface area contributed by atoms with Crippen molar-refractivity contribution in [2.75, 3.05) is 32.9 Å². The van der Waals surface area contributed by atoms with Crippen LogP contribution in [0.25, 0.3) is 0 Å². The van der Waals surface area contributed by atoms with Crippen molar-refractivity contribution >= 4 is 33.1 Å². The van der Waals surface area contributed by atoms with Crippen molar-refractivity contribution in [3.8, 4) is 0 Å². The maximum atomic E-state index is 11.3. The van der Waals surface area contributed by atoms with E-state index in [4.69, 9.17) is 19.3 Å². The number of ether oxygens (including phenoxy) is 3. The summed E-state index contributed by atoms with van der Waals surface area (Å²) in [6.45, 7) is 1.25. The normalized spacial score (nSPS) is 19.0. The largest absolute Gasteiger partial charge is 0.382 e. The maximum Gasteiger partial charge on any atom is 0.247 e. The zero-order valence-corrected chi connectivity index (χ0v) is 13.5. The molecule has 2 N–H and O–H groups in total. The quantitative estimate of drug-likeness (QED) is 0.590. The molecule has 0 spiro atoms. The summed E-state index contributed by atoms with van der Waals surface area (Å²) in [4.78, 5) is 1.99. The maximum absolute atomic E-state index is 11.3. The van der Waals surface area contributed by atoms with Gasteiger partial charge in [0.1, 0.15) is 11.0 Å². The van der Waals surface area contributed by atoms with Crippen LogP contribution in [0.3, 0.4) is 0 Å². The van der Waals surface area contributed by atoms with E-state index >= 15 is 0 Å². The topological polar surface area (TPSA) is 87.8 Å². The van der Waals surface area contributed by atoms with Crippen molar-refractivity contribution in [1.82, 2.24) is 0 Å². The Kier molecular flexibility index (Phi) is 5.84. The van der Waals surface area contributed by atoms with E-state index in [9.17, 15) is 8.42 Å². The first-order valence-electron chi connectivity index (χ1n) is 5.97. The Balaban J connectivity index is 1.86. The van der Waals surface area contributed by atoms with Crippen molar-refractivity contribution in [2.24, 2.45) is 5.14 Å². The highest BCUT2D eigenvalue weighted by molar-refractivity contribution is 7.99.